The number of halogens is 1. The maximum atomic E-state index is 12.2. The van der Waals surface area contributed by atoms with Crippen LogP contribution in [0.4, 0.5) is 11.4 Å². The Hall–Kier alpha value is -2.35. The number of nitrogens with one attached hydrogen (secondary N) is 1. The number of hydrogen-bond acceptors (Lipinski definition) is 5. The fourth-order valence-corrected chi connectivity index (χ4v) is 1.96. The fraction of sp³-hybridized carbons (Fsp3) is 0.333. The van der Waals surface area contributed by atoms with Crippen LogP contribution >= 0.6 is 11.6 Å². The van der Waals surface area contributed by atoms with Gasteiger partial charge in [0.2, 0.25) is 5.91 Å². The van der Waals surface area contributed by atoms with Gasteiger partial charge >= 0.3 is 0 Å². The van der Waals surface area contributed by atoms with Crippen LogP contribution in [0, 0.1) is 10.1 Å². The second kappa shape index (κ2) is 5.96. The average molecular weight is 315 g/mol. The Labute approximate surface area is 125 Å². The zero-order valence-electron chi connectivity index (χ0n) is 11.5. The Morgan fingerprint density at radius 2 is 2.00 bits per heavy atom. The second-order valence-corrected chi connectivity index (χ2v) is 5.53. The summed E-state index contributed by atoms with van der Waals surface area (Å²) >= 11 is 5.78. The first-order valence-electron chi connectivity index (χ1n) is 5.88. The smallest absolute Gasteiger partial charge is 0.271 e. The number of non-ortho nitro benzene ring substituents is 1. The average Bonchev–Trinajstić information content (AvgIpc) is 2.29. The van der Waals surface area contributed by atoms with Gasteiger partial charge in [-0.25, -0.2) is 0 Å². The Morgan fingerprint density at radius 1 is 1.43 bits per heavy atom. The maximum Gasteiger partial charge on any atom is 0.271 e. The van der Waals surface area contributed by atoms with Crippen LogP contribution < -0.4 is 16.8 Å². The third kappa shape index (κ3) is 4.32. The number of nitrogen functional groups attached to an aromatic ring is 1. The highest BCUT2D eigenvalue weighted by atomic mass is 35.5. The number of primary amides is 1. The molecule has 0 aliphatic carbocycles. The Bertz CT molecular complexity index is 616. The van der Waals surface area contributed by atoms with Crippen LogP contribution in [0.2, 0.25) is 5.02 Å². The van der Waals surface area contributed by atoms with Crippen LogP contribution in [0.5, 0.6) is 0 Å². The molecular weight excluding hydrogens is 300 g/mol. The van der Waals surface area contributed by atoms with Gasteiger partial charge in [-0.15, -0.1) is 0 Å². The first-order chi connectivity index (χ1) is 9.53. The van der Waals surface area contributed by atoms with Gasteiger partial charge in [0.1, 0.15) is 0 Å². The lowest BCUT2D eigenvalue weighted by molar-refractivity contribution is -0.384. The summed E-state index contributed by atoms with van der Waals surface area (Å²) < 4.78 is 0. The van der Waals surface area contributed by atoms with Crippen molar-refractivity contribution in [2.24, 2.45) is 5.73 Å². The molecule has 114 valence electrons. The van der Waals surface area contributed by atoms with E-state index >= 15 is 0 Å². The fourth-order valence-electron chi connectivity index (χ4n) is 1.75. The van der Waals surface area contributed by atoms with E-state index in [2.05, 4.69) is 5.32 Å². The first kappa shape index (κ1) is 16.7. The lowest BCUT2D eigenvalue weighted by atomic mass is 9.99. The Balaban J connectivity index is 3.13. The van der Waals surface area contributed by atoms with E-state index in [0.29, 0.717) is 0 Å². The molecule has 0 bridgehead atoms. The number of carbonyl (C=O) groups excluding carboxylic acids is 2. The number of hydrogen-bond donors (Lipinski definition) is 3. The Morgan fingerprint density at radius 3 is 2.48 bits per heavy atom. The first-order valence-corrected chi connectivity index (χ1v) is 6.25. The van der Waals surface area contributed by atoms with Gasteiger partial charge in [0.05, 0.1) is 21.2 Å². The van der Waals surface area contributed by atoms with Gasteiger partial charge in [-0.05, 0) is 13.8 Å². The van der Waals surface area contributed by atoms with Crippen molar-refractivity contribution in [1.29, 1.82) is 0 Å². The zero-order chi connectivity index (χ0) is 16.4. The monoisotopic (exact) mass is 314 g/mol. The molecule has 0 aliphatic heterocycles. The van der Waals surface area contributed by atoms with Crippen molar-refractivity contribution >= 4 is 34.8 Å². The Kier molecular flexibility index (Phi) is 4.74. The highest BCUT2D eigenvalue weighted by Crippen LogP contribution is 2.29. The lowest BCUT2D eigenvalue weighted by Crippen LogP contribution is -2.46. The van der Waals surface area contributed by atoms with Crippen LogP contribution in [-0.2, 0) is 4.79 Å². The summed E-state index contributed by atoms with van der Waals surface area (Å²) in [6, 6.07) is 2.08. The van der Waals surface area contributed by atoms with Gasteiger partial charge in [0.25, 0.3) is 11.6 Å². The molecule has 0 saturated carbocycles. The van der Waals surface area contributed by atoms with Crippen molar-refractivity contribution in [3.63, 3.8) is 0 Å². The highest BCUT2D eigenvalue weighted by Gasteiger charge is 2.26. The molecule has 0 unspecified atom stereocenters. The predicted octanol–water partition coefficient (Wildman–Crippen LogP) is 1.21. The van der Waals surface area contributed by atoms with E-state index in [1.54, 1.807) is 13.8 Å². The summed E-state index contributed by atoms with van der Waals surface area (Å²) in [7, 11) is 0. The maximum absolute atomic E-state index is 12.2. The topological polar surface area (TPSA) is 141 Å². The van der Waals surface area contributed by atoms with E-state index in [4.69, 9.17) is 23.1 Å². The number of anilines is 1. The van der Waals surface area contributed by atoms with Crippen molar-refractivity contribution in [1.82, 2.24) is 5.32 Å². The van der Waals surface area contributed by atoms with Gasteiger partial charge in [0, 0.05) is 24.1 Å². The largest absolute Gasteiger partial charge is 0.397 e. The number of benzene rings is 1. The molecule has 1 aromatic rings. The van der Waals surface area contributed by atoms with Crippen molar-refractivity contribution < 1.29 is 14.5 Å². The third-order valence-electron chi connectivity index (χ3n) is 2.64. The normalized spacial score (nSPS) is 11.0. The van der Waals surface area contributed by atoms with Crippen molar-refractivity contribution in [3.05, 3.63) is 32.8 Å². The molecule has 0 aliphatic rings. The molecule has 1 rings (SSSR count). The van der Waals surface area contributed by atoms with E-state index in [1.807, 2.05) is 0 Å². The van der Waals surface area contributed by atoms with Crippen LogP contribution in [-0.4, -0.2) is 22.3 Å². The summed E-state index contributed by atoms with van der Waals surface area (Å²) in [5, 5.41) is 13.2. The molecule has 0 spiro atoms. The van der Waals surface area contributed by atoms with Gasteiger partial charge in [-0.1, -0.05) is 11.6 Å². The van der Waals surface area contributed by atoms with E-state index in [9.17, 15) is 19.7 Å². The number of nitro benzene ring substituents is 1. The van der Waals surface area contributed by atoms with Crippen LogP contribution in [0.15, 0.2) is 12.1 Å². The van der Waals surface area contributed by atoms with Gasteiger partial charge in [-0.3, -0.25) is 19.7 Å². The standard InChI is InChI=1S/C12H15ClN4O4/c1-12(2,5-9(14)18)16-11(19)7-3-6(17(20)21)4-8(13)10(7)15/h3-4H,5,15H2,1-2H3,(H2,14,18)(H,16,19). The molecule has 21 heavy (non-hydrogen) atoms. The molecule has 0 saturated heterocycles. The number of nitro groups is 1. The third-order valence-corrected chi connectivity index (χ3v) is 2.95. The van der Waals surface area contributed by atoms with E-state index in [-0.39, 0.29) is 28.4 Å². The number of amides is 2. The van der Waals surface area contributed by atoms with Crippen LogP contribution in [0.1, 0.15) is 30.6 Å². The van der Waals surface area contributed by atoms with Crippen molar-refractivity contribution in [2.45, 2.75) is 25.8 Å². The quantitative estimate of drug-likeness (QED) is 0.425. The second-order valence-electron chi connectivity index (χ2n) is 5.13. The molecule has 0 aromatic heterocycles. The number of rotatable bonds is 5. The molecular formula is C12H15ClN4O4. The van der Waals surface area contributed by atoms with E-state index < -0.39 is 22.3 Å². The van der Waals surface area contributed by atoms with Crippen LogP contribution in [0.3, 0.4) is 0 Å². The number of nitrogens with two attached hydrogens (primary N) is 2. The molecule has 0 radical (unpaired) electrons. The van der Waals surface area contributed by atoms with Crippen molar-refractivity contribution in [2.75, 3.05) is 5.73 Å². The minimum atomic E-state index is -0.924. The van der Waals surface area contributed by atoms with E-state index in [0.717, 1.165) is 12.1 Å². The van der Waals surface area contributed by atoms with Crippen molar-refractivity contribution in [3.8, 4) is 0 Å². The summed E-state index contributed by atoms with van der Waals surface area (Å²) in [5.74, 6) is -1.27. The van der Waals surface area contributed by atoms with Gasteiger partial charge in [0.15, 0.2) is 0 Å². The van der Waals surface area contributed by atoms with Gasteiger partial charge in [-0.2, -0.15) is 0 Å². The highest BCUT2D eigenvalue weighted by molar-refractivity contribution is 6.34. The van der Waals surface area contributed by atoms with E-state index in [1.165, 1.54) is 0 Å². The summed E-state index contributed by atoms with van der Waals surface area (Å²) in [6.07, 6.45) is -0.0959. The summed E-state index contributed by atoms with van der Waals surface area (Å²) in [6.45, 7) is 3.18. The molecule has 9 heteroatoms. The lowest BCUT2D eigenvalue weighted by Gasteiger charge is -2.25. The summed E-state index contributed by atoms with van der Waals surface area (Å²) in [5.41, 5.74) is 9.27. The number of nitrogens with zero attached hydrogens (tertiary/aromatic N) is 1. The molecule has 1 aromatic carbocycles. The van der Waals surface area contributed by atoms with Gasteiger partial charge < -0.3 is 16.8 Å². The molecule has 0 fully saturated rings. The molecule has 0 heterocycles. The SMILES string of the molecule is CC(C)(CC(N)=O)NC(=O)c1cc([N+](=O)[O-])cc(Cl)c1N. The number of carbonyl (C=O) groups is 2. The predicted molar refractivity (Wildman–Crippen MR) is 77.9 cm³/mol. The molecule has 0 atom stereocenters. The molecule has 5 N–H and O–H groups in total. The molecule has 8 nitrogen and oxygen atoms in total. The summed E-state index contributed by atoms with van der Waals surface area (Å²) in [4.78, 5) is 33.2. The van der Waals surface area contributed by atoms with Crippen LogP contribution in [0.25, 0.3) is 0 Å². The minimum absolute atomic E-state index is 0.0744. The zero-order valence-corrected chi connectivity index (χ0v) is 12.2. The molecule has 2 amide bonds. The minimum Gasteiger partial charge on any atom is -0.397 e.